The molecular formula is C12H12BrN3O2. The lowest BCUT2D eigenvalue weighted by atomic mass is 10.2. The second-order valence-corrected chi connectivity index (χ2v) is 4.37. The molecule has 0 aromatic carbocycles. The maximum absolute atomic E-state index is 11.7. The van der Waals surface area contributed by atoms with E-state index >= 15 is 0 Å². The zero-order valence-electron chi connectivity index (χ0n) is 9.74. The van der Waals surface area contributed by atoms with E-state index in [0.29, 0.717) is 16.2 Å². The third-order valence-electron chi connectivity index (χ3n) is 2.34. The summed E-state index contributed by atoms with van der Waals surface area (Å²) < 4.78 is 5.87. The molecule has 0 saturated heterocycles. The number of amides is 1. The zero-order chi connectivity index (χ0) is 13.0. The lowest BCUT2D eigenvalue weighted by molar-refractivity contribution is -0.111. The van der Waals surface area contributed by atoms with Crippen LogP contribution in [0.1, 0.15) is 18.2 Å². The van der Waals surface area contributed by atoms with Gasteiger partial charge in [0.1, 0.15) is 11.6 Å². The molecular weight excluding hydrogens is 298 g/mol. The monoisotopic (exact) mass is 309 g/mol. The molecule has 0 aliphatic heterocycles. The Kier molecular flexibility index (Phi) is 3.99. The van der Waals surface area contributed by atoms with Crippen LogP contribution in [0, 0.1) is 0 Å². The van der Waals surface area contributed by atoms with Crippen LogP contribution in [0.3, 0.4) is 0 Å². The number of rotatable bonds is 4. The normalized spacial score (nSPS) is 11.0. The van der Waals surface area contributed by atoms with Crippen molar-refractivity contribution in [1.82, 2.24) is 10.2 Å². The molecule has 0 atom stereocenters. The van der Waals surface area contributed by atoms with E-state index in [1.54, 1.807) is 24.4 Å². The van der Waals surface area contributed by atoms with Crippen LogP contribution in [0.2, 0.25) is 0 Å². The van der Waals surface area contributed by atoms with Gasteiger partial charge in [0.2, 0.25) is 5.91 Å². The van der Waals surface area contributed by atoms with E-state index < -0.39 is 0 Å². The van der Waals surface area contributed by atoms with Crippen molar-refractivity contribution in [3.63, 3.8) is 0 Å². The molecule has 2 aromatic heterocycles. The smallest absolute Gasteiger partial charge is 0.249 e. The summed E-state index contributed by atoms with van der Waals surface area (Å²) in [4.78, 5) is 11.7. The van der Waals surface area contributed by atoms with Gasteiger partial charge < -0.3 is 9.73 Å². The summed E-state index contributed by atoms with van der Waals surface area (Å²) in [5, 5.41) is 9.34. The number of nitrogens with one attached hydrogen (secondary N) is 2. The number of aromatic amines is 1. The van der Waals surface area contributed by atoms with Gasteiger partial charge in [-0.05, 0) is 40.6 Å². The van der Waals surface area contributed by atoms with Gasteiger partial charge in [-0.25, -0.2) is 0 Å². The summed E-state index contributed by atoms with van der Waals surface area (Å²) in [6.07, 6.45) is 5.51. The molecule has 2 heterocycles. The molecule has 94 valence electrons. The van der Waals surface area contributed by atoms with Crippen molar-refractivity contribution < 1.29 is 9.21 Å². The van der Waals surface area contributed by atoms with Gasteiger partial charge in [-0.1, -0.05) is 6.92 Å². The van der Waals surface area contributed by atoms with E-state index in [1.807, 2.05) is 6.92 Å². The maximum atomic E-state index is 11.7. The van der Waals surface area contributed by atoms with Crippen LogP contribution in [0.5, 0.6) is 0 Å². The molecule has 6 heteroatoms. The summed E-state index contributed by atoms with van der Waals surface area (Å²) >= 11 is 3.19. The highest BCUT2D eigenvalue weighted by Crippen LogP contribution is 2.15. The second kappa shape index (κ2) is 5.68. The summed E-state index contributed by atoms with van der Waals surface area (Å²) in [6.45, 7) is 2.00. The van der Waals surface area contributed by atoms with Gasteiger partial charge in [0.05, 0.1) is 6.20 Å². The maximum Gasteiger partial charge on any atom is 0.249 e. The van der Waals surface area contributed by atoms with Crippen molar-refractivity contribution in [2.24, 2.45) is 0 Å². The van der Waals surface area contributed by atoms with E-state index in [0.717, 1.165) is 12.0 Å². The first-order valence-corrected chi connectivity index (χ1v) is 6.25. The summed E-state index contributed by atoms with van der Waals surface area (Å²) in [6, 6.07) is 3.53. The number of nitrogens with zero attached hydrogens (tertiary/aromatic N) is 1. The average Bonchev–Trinajstić information content (AvgIpc) is 2.95. The molecule has 0 fully saturated rings. The fourth-order valence-corrected chi connectivity index (χ4v) is 1.75. The van der Waals surface area contributed by atoms with Crippen LogP contribution >= 0.6 is 15.9 Å². The van der Waals surface area contributed by atoms with E-state index in [2.05, 4.69) is 31.4 Å². The average molecular weight is 310 g/mol. The quantitative estimate of drug-likeness (QED) is 0.853. The molecule has 2 aromatic rings. The molecule has 0 aliphatic rings. The summed E-state index contributed by atoms with van der Waals surface area (Å²) in [5.41, 5.74) is 0.970. The predicted octanol–water partition coefficient (Wildman–Crippen LogP) is 2.98. The van der Waals surface area contributed by atoms with Gasteiger partial charge >= 0.3 is 0 Å². The molecule has 2 N–H and O–H groups in total. The van der Waals surface area contributed by atoms with E-state index in [9.17, 15) is 4.79 Å². The third-order valence-corrected chi connectivity index (χ3v) is 2.77. The first-order chi connectivity index (χ1) is 8.69. The third kappa shape index (κ3) is 3.10. The Morgan fingerprint density at radius 3 is 3.11 bits per heavy atom. The Morgan fingerprint density at radius 2 is 2.44 bits per heavy atom. The summed E-state index contributed by atoms with van der Waals surface area (Å²) in [7, 11) is 0. The number of hydrogen-bond acceptors (Lipinski definition) is 3. The number of carbonyl (C=O) groups is 1. The van der Waals surface area contributed by atoms with Crippen molar-refractivity contribution in [2.75, 3.05) is 5.32 Å². The molecule has 2 rings (SSSR count). The van der Waals surface area contributed by atoms with Crippen molar-refractivity contribution in [2.45, 2.75) is 13.3 Å². The largest absolute Gasteiger partial charge is 0.450 e. The van der Waals surface area contributed by atoms with Crippen LogP contribution in [0.4, 0.5) is 5.82 Å². The molecule has 5 nitrogen and oxygen atoms in total. The van der Waals surface area contributed by atoms with Crippen LogP contribution in [-0.2, 0) is 11.2 Å². The Balaban J connectivity index is 1.99. The number of aromatic nitrogens is 2. The first-order valence-electron chi connectivity index (χ1n) is 5.45. The van der Waals surface area contributed by atoms with Crippen molar-refractivity contribution in [1.29, 1.82) is 0 Å². The molecule has 0 aliphatic carbocycles. The molecule has 0 unspecified atom stereocenters. The number of halogens is 1. The highest BCUT2D eigenvalue weighted by atomic mass is 79.9. The zero-order valence-corrected chi connectivity index (χ0v) is 11.3. The van der Waals surface area contributed by atoms with Gasteiger partial charge in [0, 0.05) is 11.6 Å². The molecule has 1 amide bonds. The van der Waals surface area contributed by atoms with Gasteiger partial charge in [0.25, 0.3) is 0 Å². The van der Waals surface area contributed by atoms with Crippen LogP contribution < -0.4 is 5.32 Å². The Bertz CT molecular complexity index is 571. The minimum atomic E-state index is -0.235. The van der Waals surface area contributed by atoms with Gasteiger partial charge in [-0.3, -0.25) is 9.89 Å². The highest BCUT2D eigenvalue weighted by molar-refractivity contribution is 9.10. The van der Waals surface area contributed by atoms with E-state index in [-0.39, 0.29) is 5.91 Å². The van der Waals surface area contributed by atoms with E-state index in [1.165, 1.54) is 6.08 Å². The molecule has 0 saturated carbocycles. The summed E-state index contributed by atoms with van der Waals surface area (Å²) in [5.74, 6) is 1.01. The number of furan rings is 1. The molecule has 0 bridgehead atoms. The number of hydrogen-bond donors (Lipinski definition) is 2. The van der Waals surface area contributed by atoms with Crippen LogP contribution in [0.15, 0.2) is 33.5 Å². The molecule has 0 radical (unpaired) electrons. The fourth-order valence-electron chi connectivity index (χ4n) is 1.43. The Labute approximate surface area is 112 Å². The highest BCUT2D eigenvalue weighted by Gasteiger charge is 2.05. The number of anilines is 1. The van der Waals surface area contributed by atoms with Gasteiger partial charge in [-0.2, -0.15) is 5.10 Å². The van der Waals surface area contributed by atoms with Crippen molar-refractivity contribution in [3.8, 4) is 0 Å². The van der Waals surface area contributed by atoms with E-state index in [4.69, 9.17) is 4.42 Å². The number of aryl methyl sites for hydroxylation is 1. The van der Waals surface area contributed by atoms with Crippen LogP contribution in [0.25, 0.3) is 6.08 Å². The Morgan fingerprint density at radius 1 is 1.61 bits per heavy atom. The number of H-pyrrole nitrogens is 1. The number of carbonyl (C=O) groups excluding carboxylic acids is 1. The topological polar surface area (TPSA) is 70.9 Å². The fraction of sp³-hybridized carbons (Fsp3) is 0.167. The van der Waals surface area contributed by atoms with Crippen LogP contribution in [-0.4, -0.2) is 16.1 Å². The van der Waals surface area contributed by atoms with Gasteiger partial charge in [-0.15, -0.1) is 0 Å². The van der Waals surface area contributed by atoms with Gasteiger partial charge in [0.15, 0.2) is 4.67 Å². The lowest BCUT2D eigenvalue weighted by Gasteiger charge is -2.00. The Hall–Kier alpha value is -1.82. The SMILES string of the molecule is CCc1cn[nH]c1NC(=O)/C=C/c1ccc(Br)o1. The lowest BCUT2D eigenvalue weighted by Crippen LogP contribution is -2.09. The van der Waals surface area contributed by atoms with Crippen molar-refractivity contribution in [3.05, 3.63) is 40.4 Å². The second-order valence-electron chi connectivity index (χ2n) is 3.59. The first kappa shape index (κ1) is 12.6. The van der Waals surface area contributed by atoms with Crippen molar-refractivity contribution >= 4 is 33.7 Å². The standard InChI is InChI=1S/C12H12BrN3O2/c1-2-8-7-14-16-12(8)15-11(17)6-4-9-3-5-10(13)18-9/h3-7H,2H2,1H3,(H2,14,15,16,17)/b6-4+. The molecule has 18 heavy (non-hydrogen) atoms. The minimum absolute atomic E-state index is 0.235. The molecule has 0 spiro atoms. The predicted molar refractivity (Wildman–Crippen MR) is 72.0 cm³/mol. The minimum Gasteiger partial charge on any atom is -0.450 e.